The third kappa shape index (κ3) is 3.62. The van der Waals surface area contributed by atoms with Gasteiger partial charge in [-0.3, -0.25) is 9.59 Å². The lowest BCUT2D eigenvalue weighted by molar-refractivity contribution is -0.119. The lowest BCUT2D eigenvalue weighted by Gasteiger charge is -2.08. The van der Waals surface area contributed by atoms with Gasteiger partial charge < -0.3 is 15.8 Å². The minimum absolute atomic E-state index is 0.385. The van der Waals surface area contributed by atoms with Crippen LogP contribution < -0.4 is 11.1 Å². The quantitative estimate of drug-likeness (QED) is 0.789. The number of fused-ring (bicyclic) bond motifs is 1. The van der Waals surface area contributed by atoms with Crippen LogP contribution in [0.25, 0.3) is 0 Å². The normalized spacial score (nSPS) is 12.5. The summed E-state index contributed by atoms with van der Waals surface area (Å²) in [5, 5.41) is 3.09. The van der Waals surface area contributed by atoms with E-state index in [-0.39, 0.29) is 0 Å². The maximum Gasteiger partial charge on any atom is 0.338 e. The van der Waals surface area contributed by atoms with E-state index in [0.717, 1.165) is 40.8 Å². The van der Waals surface area contributed by atoms with Gasteiger partial charge in [0.05, 0.1) is 11.1 Å². The van der Waals surface area contributed by atoms with Gasteiger partial charge in [0.25, 0.3) is 11.8 Å². The monoisotopic (exact) mass is 372 g/mol. The molecule has 1 aliphatic carbocycles. The summed E-state index contributed by atoms with van der Waals surface area (Å²) in [5.74, 6) is -1.61. The zero-order valence-corrected chi connectivity index (χ0v) is 15.5. The molecule has 0 radical (unpaired) electrons. The summed E-state index contributed by atoms with van der Waals surface area (Å²) < 4.78 is 5.07. The first-order chi connectivity index (χ1) is 12.4. The van der Waals surface area contributed by atoms with Crippen LogP contribution >= 0.6 is 11.3 Å². The van der Waals surface area contributed by atoms with Gasteiger partial charge in [-0.25, -0.2) is 4.79 Å². The molecule has 0 atom stereocenters. The largest absolute Gasteiger partial charge is 0.452 e. The summed E-state index contributed by atoms with van der Waals surface area (Å²) in [5.41, 5.74) is 9.23. The Morgan fingerprint density at radius 2 is 1.96 bits per heavy atom. The van der Waals surface area contributed by atoms with Gasteiger partial charge in [-0.05, 0) is 61.9 Å². The Hall–Kier alpha value is -2.67. The van der Waals surface area contributed by atoms with E-state index in [1.807, 2.05) is 19.9 Å². The van der Waals surface area contributed by atoms with Crippen LogP contribution in [0.1, 0.15) is 48.7 Å². The summed E-state index contributed by atoms with van der Waals surface area (Å²) >= 11 is 1.37. The number of thiophene rings is 1. The van der Waals surface area contributed by atoms with Gasteiger partial charge in [-0.15, -0.1) is 11.3 Å². The van der Waals surface area contributed by atoms with Crippen molar-refractivity contribution in [1.82, 2.24) is 0 Å². The van der Waals surface area contributed by atoms with E-state index in [2.05, 4.69) is 5.32 Å². The summed E-state index contributed by atoms with van der Waals surface area (Å²) in [6.07, 6.45) is 2.67. The number of amides is 2. The summed E-state index contributed by atoms with van der Waals surface area (Å²) in [6.45, 7) is 3.43. The Morgan fingerprint density at radius 3 is 2.65 bits per heavy atom. The second-order valence-corrected chi connectivity index (χ2v) is 7.45. The van der Waals surface area contributed by atoms with Crippen LogP contribution in [0, 0.1) is 13.8 Å². The van der Waals surface area contributed by atoms with Crippen molar-refractivity contribution in [2.24, 2.45) is 5.73 Å². The highest BCUT2D eigenvalue weighted by atomic mass is 32.1. The molecule has 0 bridgehead atoms. The lowest BCUT2D eigenvalue weighted by atomic mass is 10.1. The molecule has 136 valence electrons. The molecule has 1 heterocycles. The molecule has 26 heavy (non-hydrogen) atoms. The van der Waals surface area contributed by atoms with Crippen molar-refractivity contribution in [1.29, 1.82) is 0 Å². The molecule has 0 saturated carbocycles. The van der Waals surface area contributed by atoms with Crippen molar-refractivity contribution >= 4 is 34.1 Å². The van der Waals surface area contributed by atoms with E-state index in [0.29, 0.717) is 16.1 Å². The average molecular weight is 372 g/mol. The zero-order chi connectivity index (χ0) is 18.8. The van der Waals surface area contributed by atoms with Gasteiger partial charge in [0, 0.05) is 4.88 Å². The maximum atomic E-state index is 12.1. The van der Waals surface area contributed by atoms with Crippen LogP contribution in [0.4, 0.5) is 5.00 Å². The van der Waals surface area contributed by atoms with Gasteiger partial charge in [-0.1, -0.05) is 6.07 Å². The molecule has 1 aromatic carbocycles. The number of carbonyl (C=O) groups excluding carboxylic acids is 3. The number of nitrogens with one attached hydrogen (secondary N) is 1. The molecule has 0 saturated heterocycles. The summed E-state index contributed by atoms with van der Waals surface area (Å²) in [6, 6.07) is 5.22. The van der Waals surface area contributed by atoms with Crippen molar-refractivity contribution in [2.75, 3.05) is 11.9 Å². The van der Waals surface area contributed by atoms with Gasteiger partial charge in [0.1, 0.15) is 5.00 Å². The van der Waals surface area contributed by atoms with Gasteiger partial charge in [0.2, 0.25) is 0 Å². The van der Waals surface area contributed by atoms with Crippen LogP contribution in [0.15, 0.2) is 18.2 Å². The fourth-order valence-electron chi connectivity index (χ4n) is 3.00. The van der Waals surface area contributed by atoms with Gasteiger partial charge >= 0.3 is 5.97 Å². The molecule has 7 heteroatoms. The van der Waals surface area contributed by atoms with Gasteiger partial charge in [0.15, 0.2) is 6.61 Å². The minimum atomic E-state index is -0.563. The first kappa shape index (κ1) is 18.1. The van der Waals surface area contributed by atoms with Crippen LogP contribution in [-0.4, -0.2) is 24.4 Å². The van der Waals surface area contributed by atoms with Crippen molar-refractivity contribution in [3.63, 3.8) is 0 Å². The van der Waals surface area contributed by atoms with E-state index < -0.39 is 24.4 Å². The van der Waals surface area contributed by atoms with E-state index in [1.54, 1.807) is 12.1 Å². The molecule has 6 nitrogen and oxygen atoms in total. The number of rotatable bonds is 5. The Bertz CT molecular complexity index is 901. The number of nitrogens with two attached hydrogens (primary N) is 1. The Balaban J connectivity index is 1.64. The van der Waals surface area contributed by atoms with Crippen LogP contribution in [-0.2, 0) is 22.4 Å². The van der Waals surface area contributed by atoms with Crippen molar-refractivity contribution in [3.8, 4) is 0 Å². The molecular weight excluding hydrogens is 352 g/mol. The number of hydrogen-bond donors (Lipinski definition) is 2. The summed E-state index contributed by atoms with van der Waals surface area (Å²) in [4.78, 5) is 37.0. The number of benzene rings is 1. The highest BCUT2D eigenvalue weighted by molar-refractivity contribution is 7.17. The van der Waals surface area contributed by atoms with E-state index in [1.165, 1.54) is 11.3 Å². The predicted molar refractivity (Wildman–Crippen MR) is 99.7 cm³/mol. The maximum absolute atomic E-state index is 12.1. The minimum Gasteiger partial charge on any atom is -0.452 e. The molecule has 0 aliphatic heterocycles. The van der Waals surface area contributed by atoms with E-state index in [4.69, 9.17) is 10.5 Å². The van der Waals surface area contributed by atoms with Crippen LogP contribution in [0.3, 0.4) is 0 Å². The number of carbonyl (C=O) groups is 3. The first-order valence-electron chi connectivity index (χ1n) is 8.35. The molecule has 1 aliphatic rings. The Labute approximate surface area is 155 Å². The number of anilines is 1. The smallest absolute Gasteiger partial charge is 0.338 e. The molecule has 2 aromatic rings. The second kappa shape index (κ2) is 7.29. The first-order valence-corrected chi connectivity index (χ1v) is 9.17. The fraction of sp³-hybridized carbons (Fsp3) is 0.316. The van der Waals surface area contributed by atoms with E-state index in [9.17, 15) is 14.4 Å². The molecule has 0 spiro atoms. The number of ether oxygens (including phenoxy) is 1. The molecule has 3 N–H and O–H groups in total. The lowest BCUT2D eigenvalue weighted by Crippen LogP contribution is -2.22. The van der Waals surface area contributed by atoms with Crippen LogP contribution in [0.5, 0.6) is 0 Å². The third-order valence-electron chi connectivity index (χ3n) is 4.50. The molecule has 3 rings (SSSR count). The number of aryl methyl sites for hydroxylation is 3. The number of primary amides is 1. The summed E-state index contributed by atoms with van der Waals surface area (Å²) in [7, 11) is 0. The molecule has 1 aromatic heterocycles. The van der Waals surface area contributed by atoms with Crippen LogP contribution in [0.2, 0.25) is 0 Å². The number of esters is 1. The molecule has 2 amide bonds. The highest BCUT2D eigenvalue weighted by Crippen LogP contribution is 2.38. The fourth-order valence-corrected chi connectivity index (χ4v) is 4.31. The predicted octanol–water partition coefficient (Wildman–Crippen LogP) is 2.75. The second-order valence-electron chi connectivity index (χ2n) is 6.35. The SMILES string of the molecule is Cc1ccc(C(=O)OCC(=O)Nc2sc3c(c2C(N)=O)CCC3)cc1C. The standard InChI is InChI=1S/C19H20N2O4S/c1-10-6-7-12(8-11(10)2)19(24)25-9-15(22)21-18-16(17(20)23)13-4-3-5-14(13)26-18/h6-8H,3-5,9H2,1-2H3,(H2,20,23)(H,21,22). The molecule has 0 fully saturated rings. The van der Waals surface area contributed by atoms with Gasteiger partial charge in [-0.2, -0.15) is 0 Å². The van der Waals surface area contributed by atoms with Crippen molar-refractivity contribution < 1.29 is 19.1 Å². The molecular formula is C19H20N2O4S. The number of hydrogen-bond acceptors (Lipinski definition) is 5. The Kier molecular flexibility index (Phi) is 5.08. The average Bonchev–Trinajstić information content (AvgIpc) is 3.15. The topological polar surface area (TPSA) is 98.5 Å². The Morgan fingerprint density at radius 1 is 1.19 bits per heavy atom. The van der Waals surface area contributed by atoms with Crippen molar-refractivity contribution in [2.45, 2.75) is 33.1 Å². The van der Waals surface area contributed by atoms with Crippen molar-refractivity contribution in [3.05, 3.63) is 50.9 Å². The van der Waals surface area contributed by atoms with E-state index >= 15 is 0 Å². The molecule has 0 unspecified atom stereocenters. The third-order valence-corrected chi connectivity index (χ3v) is 5.70. The zero-order valence-electron chi connectivity index (χ0n) is 14.7. The highest BCUT2D eigenvalue weighted by Gasteiger charge is 2.26.